The molecule has 1 fully saturated rings. The maximum atomic E-state index is 11.5. The monoisotopic (exact) mass is 373 g/mol. The van der Waals surface area contributed by atoms with Gasteiger partial charge in [-0.1, -0.05) is 23.5 Å². The molecule has 1 aromatic carbocycles. The number of hydrogen-bond donors (Lipinski definition) is 0. The van der Waals surface area contributed by atoms with Crippen LogP contribution in [0, 0.1) is 10.1 Å². The summed E-state index contributed by atoms with van der Waals surface area (Å²) >= 11 is 1.39. The summed E-state index contributed by atoms with van der Waals surface area (Å²) in [6.45, 7) is 3.86. The van der Waals surface area contributed by atoms with E-state index in [1.54, 1.807) is 11.6 Å². The van der Waals surface area contributed by atoms with Gasteiger partial charge < -0.3 is 24.7 Å². The van der Waals surface area contributed by atoms with E-state index in [4.69, 9.17) is 4.74 Å². The Morgan fingerprint density at radius 2 is 2.04 bits per heavy atom. The lowest BCUT2D eigenvalue weighted by atomic mass is 10.2. The predicted molar refractivity (Wildman–Crippen MR) is 101 cm³/mol. The highest BCUT2D eigenvalue weighted by Gasteiger charge is 2.26. The maximum absolute atomic E-state index is 11.5. The van der Waals surface area contributed by atoms with E-state index in [0.29, 0.717) is 17.3 Å². The first-order valence-corrected chi connectivity index (χ1v) is 9.24. The first kappa shape index (κ1) is 16.8. The lowest BCUT2D eigenvalue weighted by Gasteiger charge is -2.29. The largest absolute Gasteiger partial charge is 0.378 e. The number of fused-ring (bicyclic) bond motifs is 1. The van der Waals surface area contributed by atoms with Crippen LogP contribution in [0.4, 0.5) is 17.3 Å². The Balaban J connectivity index is 1.53. The Kier molecular flexibility index (Phi) is 4.48. The Morgan fingerprint density at radius 1 is 1.31 bits per heavy atom. The molecule has 26 heavy (non-hydrogen) atoms. The fourth-order valence-corrected chi connectivity index (χ4v) is 3.87. The van der Waals surface area contributed by atoms with Crippen molar-refractivity contribution in [1.29, 1.82) is 0 Å². The molecular formula is C17H19N5O3S. The lowest BCUT2D eigenvalue weighted by Crippen LogP contribution is -2.36. The summed E-state index contributed by atoms with van der Waals surface area (Å²) in [5, 5.41) is 13.3. The summed E-state index contributed by atoms with van der Waals surface area (Å²) in [4.78, 5) is 20.3. The molecule has 0 bridgehead atoms. The normalized spacial score (nSPS) is 14.7. The average molecular weight is 373 g/mol. The van der Waals surface area contributed by atoms with E-state index >= 15 is 0 Å². The molecular weight excluding hydrogens is 354 g/mol. The number of rotatable bonds is 5. The van der Waals surface area contributed by atoms with Gasteiger partial charge in [0.15, 0.2) is 0 Å². The van der Waals surface area contributed by atoms with Gasteiger partial charge >= 0.3 is 5.82 Å². The van der Waals surface area contributed by atoms with Crippen molar-refractivity contribution in [3.05, 3.63) is 51.5 Å². The summed E-state index contributed by atoms with van der Waals surface area (Å²) in [6.07, 6.45) is 1.68. The molecule has 1 saturated heterocycles. The molecule has 1 aliphatic rings. The van der Waals surface area contributed by atoms with Crippen LogP contribution < -0.4 is 9.80 Å². The zero-order valence-corrected chi connectivity index (χ0v) is 15.2. The molecule has 0 saturated carbocycles. The van der Waals surface area contributed by atoms with E-state index in [2.05, 4.69) is 34.1 Å². The third-order valence-corrected chi connectivity index (χ3v) is 5.24. The molecule has 0 unspecified atom stereocenters. The summed E-state index contributed by atoms with van der Waals surface area (Å²) in [5.41, 5.74) is 2.25. The van der Waals surface area contributed by atoms with E-state index in [0.717, 1.165) is 31.9 Å². The topological polar surface area (TPSA) is 76.2 Å². The van der Waals surface area contributed by atoms with Gasteiger partial charge in [-0.15, -0.1) is 0 Å². The first-order valence-electron chi connectivity index (χ1n) is 8.36. The third-order valence-electron chi connectivity index (χ3n) is 4.49. The number of imidazole rings is 1. The van der Waals surface area contributed by atoms with Gasteiger partial charge in [0.1, 0.15) is 6.20 Å². The molecule has 0 atom stereocenters. The molecule has 8 nitrogen and oxygen atoms in total. The molecule has 0 N–H and O–H groups in total. The van der Waals surface area contributed by atoms with E-state index in [1.807, 2.05) is 11.9 Å². The third kappa shape index (κ3) is 3.11. The molecule has 2 aromatic heterocycles. The number of aromatic nitrogens is 2. The molecule has 0 radical (unpaired) electrons. The van der Waals surface area contributed by atoms with Crippen molar-refractivity contribution in [3.63, 3.8) is 0 Å². The second-order valence-corrected chi connectivity index (χ2v) is 7.07. The Hall–Kier alpha value is -2.65. The van der Waals surface area contributed by atoms with Crippen molar-refractivity contribution >= 4 is 33.6 Å². The fourth-order valence-electron chi connectivity index (χ4n) is 3.17. The highest BCUT2D eigenvalue weighted by Crippen LogP contribution is 2.31. The van der Waals surface area contributed by atoms with Crippen molar-refractivity contribution in [3.8, 4) is 0 Å². The quantitative estimate of drug-likeness (QED) is 0.506. The molecule has 3 aromatic rings. The van der Waals surface area contributed by atoms with Gasteiger partial charge in [-0.05, 0) is 22.6 Å². The number of nitro groups is 1. The lowest BCUT2D eigenvalue weighted by molar-refractivity contribution is -0.389. The maximum Gasteiger partial charge on any atom is 0.373 e. The number of morpholine rings is 1. The van der Waals surface area contributed by atoms with Crippen LogP contribution in [0.25, 0.3) is 4.96 Å². The van der Waals surface area contributed by atoms with Crippen molar-refractivity contribution in [2.45, 2.75) is 6.54 Å². The summed E-state index contributed by atoms with van der Waals surface area (Å²) in [7, 11) is 1.83. The van der Waals surface area contributed by atoms with Crippen LogP contribution in [0.1, 0.15) is 5.56 Å². The van der Waals surface area contributed by atoms with Crippen LogP contribution in [0.3, 0.4) is 0 Å². The van der Waals surface area contributed by atoms with E-state index in [9.17, 15) is 10.1 Å². The Labute approximate surface area is 154 Å². The van der Waals surface area contributed by atoms with Gasteiger partial charge in [0.25, 0.3) is 4.96 Å². The van der Waals surface area contributed by atoms with Gasteiger partial charge in [0, 0.05) is 37.7 Å². The summed E-state index contributed by atoms with van der Waals surface area (Å²) in [5.74, 6) is 0.396. The highest BCUT2D eigenvalue weighted by molar-refractivity contribution is 7.15. The second kappa shape index (κ2) is 6.93. The minimum Gasteiger partial charge on any atom is -0.378 e. The van der Waals surface area contributed by atoms with Crippen molar-refractivity contribution < 1.29 is 9.66 Å². The van der Waals surface area contributed by atoms with Gasteiger partial charge in [-0.2, -0.15) is 9.38 Å². The van der Waals surface area contributed by atoms with E-state index in [1.165, 1.54) is 21.4 Å². The number of nitrogens with zero attached hydrogens (tertiary/aromatic N) is 5. The molecule has 3 heterocycles. The van der Waals surface area contributed by atoms with Crippen molar-refractivity contribution in [1.82, 2.24) is 9.38 Å². The average Bonchev–Trinajstić information content (AvgIpc) is 3.23. The van der Waals surface area contributed by atoms with Gasteiger partial charge in [-0.25, -0.2) is 0 Å². The van der Waals surface area contributed by atoms with Crippen LogP contribution in [0.2, 0.25) is 0 Å². The Bertz CT molecular complexity index is 914. The van der Waals surface area contributed by atoms with Crippen LogP contribution >= 0.6 is 11.3 Å². The van der Waals surface area contributed by atoms with Gasteiger partial charge in [0.05, 0.1) is 13.2 Å². The second-order valence-electron chi connectivity index (χ2n) is 6.19. The molecule has 0 spiro atoms. The summed E-state index contributed by atoms with van der Waals surface area (Å²) in [6, 6.07) is 8.31. The molecule has 1 aliphatic heterocycles. The SMILES string of the molecule is CN(Cc1ccc(N2CCOCC2)cc1)c1nc2sccn2c1[N+](=O)[O-]. The standard InChI is InChI=1S/C17H19N5O3S/c1-19(15-16(22(23)24)21-8-11-26-17(21)18-15)12-13-2-4-14(5-3-13)20-6-9-25-10-7-20/h2-5,8,11H,6-7,9-10,12H2,1H3. The fraction of sp³-hybridized carbons (Fsp3) is 0.353. The van der Waals surface area contributed by atoms with Gasteiger partial charge in [-0.3, -0.25) is 0 Å². The van der Waals surface area contributed by atoms with Gasteiger partial charge in [0.2, 0.25) is 5.82 Å². The van der Waals surface area contributed by atoms with Crippen LogP contribution in [0.5, 0.6) is 0 Å². The zero-order valence-electron chi connectivity index (χ0n) is 14.4. The zero-order chi connectivity index (χ0) is 18.1. The molecule has 4 rings (SSSR count). The smallest absolute Gasteiger partial charge is 0.373 e. The molecule has 9 heteroatoms. The number of benzene rings is 1. The number of thiazole rings is 1. The molecule has 0 aliphatic carbocycles. The number of ether oxygens (including phenoxy) is 1. The van der Waals surface area contributed by atoms with Crippen LogP contribution in [-0.4, -0.2) is 47.7 Å². The first-order chi connectivity index (χ1) is 12.6. The minimum absolute atomic E-state index is 0.00804. The van der Waals surface area contributed by atoms with Crippen LogP contribution in [0.15, 0.2) is 35.8 Å². The van der Waals surface area contributed by atoms with Crippen LogP contribution in [-0.2, 0) is 11.3 Å². The minimum atomic E-state index is -0.375. The predicted octanol–water partition coefficient (Wildman–Crippen LogP) is 2.78. The molecule has 0 amide bonds. The number of anilines is 2. The Morgan fingerprint density at radius 3 is 2.73 bits per heavy atom. The molecule has 136 valence electrons. The number of hydrogen-bond acceptors (Lipinski definition) is 7. The van der Waals surface area contributed by atoms with Crippen molar-refractivity contribution in [2.75, 3.05) is 43.2 Å². The highest BCUT2D eigenvalue weighted by atomic mass is 32.1. The van der Waals surface area contributed by atoms with E-state index < -0.39 is 0 Å². The van der Waals surface area contributed by atoms with E-state index in [-0.39, 0.29) is 10.7 Å². The summed E-state index contributed by atoms with van der Waals surface area (Å²) < 4.78 is 6.91. The van der Waals surface area contributed by atoms with Crippen molar-refractivity contribution in [2.24, 2.45) is 0 Å².